The van der Waals surface area contributed by atoms with Gasteiger partial charge >= 0.3 is 5.97 Å². The van der Waals surface area contributed by atoms with Crippen LogP contribution in [0.2, 0.25) is 0 Å². The number of anilines is 1. The van der Waals surface area contributed by atoms with E-state index in [0.717, 1.165) is 5.69 Å². The Morgan fingerprint density at radius 1 is 1.50 bits per heavy atom. The van der Waals surface area contributed by atoms with Gasteiger partial charge in [0, 0.05) is 18.4 Å². The third kappa shape index (κ3) is 2.73. The van der Waals surface area contributed by atoms with E-state index in [9.17, 15) is 4.79 Å². The summed E-state index contributed by atoms with van der Waals surface area (Å²) in [5.74, 6) is -0.370. The third-order valence-electron chi connectivity index (χ3n) is 1.61. The van der Waals surface area contributed by atoms with Crippen molar-refractivity contribution in [2.45, 2.75) is 19.9 Å². The molecule has 0 fully saturated rings. The second kappa shape index (κ2) is 4.60. The molecule has 0 saturated heterocycles. The zero-order chi connectivity index (χ0) is 10.6. The molecule has 1 rings (SSSR count). The highest BCUT2D eigenvalue weighted by Crippen LogP contribution is 2.10. The van der Waals surface area contributed by atoms with Crippen molar-refractivity contribution in [3.63, 3.8) is 0 Å². The number of hydrogen-bond donors (Lipinski definition) is 1. The van der Waals surface area contributed by atoms with E-state index < -0.39 is 0 Å². The van der Waals surface area contributed by atoms with Gasteiger partial charge in [-0.05, 0) is 19.9 Å². The predicted octanol–water partition coefficient (Wildman–Crippen LogP) is 1.69. The van der Waals surface area contributed by atoms with Crippen LogP contribution in [0.15, 0.2) is 18.5 Å². The van der Waals surface area contributed by atoms with Crippen LogP contribution in [-0.4, -0.2) is 24.1 Å². The van der Waals surface area contributed by atoms with Gasteiger partial charge in [-0.3, -0.25) is 4.98 Å². The lowest BCUT2D eigenvalue weighted by Crippen LogP contribution is -2.11. The van der Waals surface area contributed by atoms with Crippen LogP contribution in [0.1, 0.15) is 24.2 Å². The van der Waals surface area contributed by atoms with Crippen molar-refractivity contribution in [2.24, 2.45) is 0 Å². The molecule has 1 aromatic heterocycles. The first-order valence-electron chi connectivity index (χ1n) is 4.43. The van der Waals surface area contributed by atoms with E-state index in [1.54, 1.807) is 12.3 Å². The molecule has 0 aliphatic carbocycles. The van der Waals surface area contributed by atoms with Crippen LogP contribution in [0, 0.1) is 0 Å². The summed E-state index contributed by atoms with van der Waals surface area (Å²) in [5, 5.41) is 3.15. The number of aromatic nitrogens is 1. The molecule has 0 aliphatic heterocycles. The number of hydrogen-bond acceptors (Lipinski definition) is 4. The Balaban J connectivity index is 2.84. The average molecular weight is 194 g/mol. The smallest absolute Gasteiger partial charge is 0.339 e. The summed E-state index contributed by atoms with van der Waals surface area (Å²) in [5.41, 5.74) is 1.28. The first kappa shape index (κ1) is 10.5. The molecule has 0 aromatic carbocycles. The number of rotatable bonds is 3. The fraction of sp³-hybridized carbons (Fsp3) is 0.400. The quantitative estimate of drug-likeness (QED) is 0.744. The van der Waals surface area contributed by atoms with Gasteiger partial charge in [-0.15, -0.1) is 0 Å². The normalized spacial score (nSPS) is 10.0. The summed E-state index contributed by atoms with van der Waals surface area (Å²) in [6, 6.07) is 2.03. The molecular formula is C10H14N2O2. The summed E-state index contributed by atoms with van der Waals surface area (Å²) in [4.78, 5) is 15.1. The maximum atomic E-state index is 11.2. The van der Waals surface area contributed by atoms with Crippen LogP contribution in [0.25, 0.3) is 0 Å². The summed E-state index contributed by atoms with van der Waals surface area (Å²) in [7, 11) is 1.35. The van der Waals surface area contributed by atoms with Gasteiger partial charge in [-0.25, -0.2) is 4.79 Å². The average Bonchev–Trinajstić information content (AvgIpc) is 2.16. The van der Waals surface area contributed by atoms with E-state index in [1.807, 2.05) is 13.8 Å². The van der Waals surface area contributed by atoms with Gasteiger partial charge in [0.05, 0.1) is 18.4 Å². The van der Waals surface area contributed by atoms with Crippen LogP contribution in [0.3, 0.4) is 0 Å². The predicted molar refractivity (Wildman–Crippen MR) is 54.3 cm³/mol. The Hall–Kier alpha value is -1.58. The third-order valence-corrected chi connectivity index (χ3v) is 1.61. The molecule has 0 unspecified atom stereocenters. The number of nitrogens with zero attached hydrogens (tertiary/aromatic N) is 1. The number of pyridine rings is 1. The van der Waals surface area contributed by atoms with Crippen molar-refractivity contribution in [1.29, 1.82) is 0 Å². The Morgan fingerprint density at radius 2 is 2.21 bits per heavy atom. The molecule has 0 amide bonds. The van der Waals surface area contributed by atoms with Crippen LogP contribution >= 0.6 is 0 Å². The fourth-order valence-electron chi connectivity index (χ4n) is 1.08. The summed E-state index contributed by atoms with van der Waals surface area (Å²) in [6.45, 7) is 4.04. The van der Waals surface area contributed by atoms with Crippen LogP contribution in [0.4, 0.5) is 5.69 Å². The number of carbonyl (C=O) groups excluding carboxylic acids is 1. The van der Waals surface area contributed by atoms with Crippen molar-refractivity contribution in [1.82, 2.24) is 4.98 Å². The molecule has 1 heterocycles. The minimum absolute atomic E-state index is 0.310. The maximum absolute atomic E-state index is 11.2. The molecule has 4 nitrogen and oxygen atoms in total. The van der Waals surface area contributed by atoms with Crippen molar-refractivity contribution in [2.75, 3.05) is 12.4 Å². The van der Waals surface area contributed by atoms with Gasteiger partial charge < -0.3 is 10.1 Å². The van der Waals surface area contributed by atoms with E-state index in [0.29, 0.717) is 11.6 Å². The van der Waals surface area contributed by atoms with Gasteiger partial charge in [-0.1, -0.05) is 0 Å². The maximum Gasteiger partial charge on any atom is 0.339 e. The van der Waals surface area contributed by atoms with Gasteiger partial charge in [0.1, 0.15) is 0 Å². The second-order valence-electron chi connectivity index (χ2n) is 3.25. The molecule has 14 heavy (non-hydrogen) atoms. The van der Waals surface area contributed by atoms with Crippen molar-refractivity contribution >= 4 is 11.7 Å². The minimum Gasteiger partial charge on any atom is -0.465 e. The van der Waals surface area contributed by atoms with Gasteiger partial charge in [-0.2, -0.15) is 0 Å². The fourth-order valence-corrected chi connectivity index (χ4v) is 1.08. The van der Waals surface area contributed by atoms with E-state index in [4.69, 9.17) is 0 Å². The minimum atomic E-state index is -0.370. The Kier molecular flexibility index (Phi) is 3.45. The molecule has 0 atom stereocenters. The van der Waals surface area contributed by atoms with Crippen LogP contribution in [0.5, 0.6) is 0 Å². The lowest BCUT2D eigenvalue weighted by molar-refractivity contribution is 0.0600. The summed E-state index contributed by atoms with van der Waals surface area (Å²) in [6.07, 6.45) is 3.16. The largest absolute Gasteiger partial charge is 0.465 e. The van der Waals surface area contributed by atoms with Crippen molar-refractivity contribution in [3.8, 4) is 0 Å². The molecule has 0 bridgehead atoms. The molecule has 4 heteroatoms. The van der Waals surface area contributed by atoms with E-state index >= 15 is 0 Å². The molecule has 0 radical (unpaired) electrons. The van der Waals surface area contributed by atoms with Crippen molar-refractivity contribution < 1.29 is 9.53 Å². The van der Waals surface area contributed by atoms with Gasteiger partial charge in [0.25, 0.3) is 0 Å². The number of nitrogens with one attached hydrogen (secondary N) is 1. The van der Waals surface area contributed by atoms with Crippen LogP contribution in [-0.2, 0) is 4.74 Å². The summed E-state index contributed by atoms with van der Waals surface area (Å²) < 4.78 is 4.59. The Bertz CT molecular complexity index is 324. The standard InChI is InChI=1S/C10H14N2O2/c1-7(2)12-9-4-8(5-11-6-9)10(13)14-3/h4-7,12H,1-3H3. The molecule has 0 spiro atoms. The van der Waals surface area contributed by atoms with Crippen LogP contribution < -0.4 is 5.32 Å². The second-order valence-corrected chi connectivity index (χ2v) is 3.25. The topological polar surface area (TPSA) is 51.2 Å². The number of carbonyl (C=O) groups is 1. The van der Waals surface area contributed by atoms with Gasteiger partial charge in [0.15, 0.2) is 0 Å². The molecule has 0 saturated carbocycles. The highest BCUT2D eigenvalue weighted by Gasteiger charge is 2.06. The molecular weight excluding hydrogens is 180 g/mol. The molecule has 76 valence electrons. The van der Waals surface area contributed by atoms with Gasteiger partial charge in [0.2, 0.25) is 0 Å². The summed E-state index contributed by atoms with van der Waals surface area (Å²) >= 11 is 0. The number of ether oxygens (including phenoxy) is 1. The monoisotopic (exact) mass is 194 g/mol. The lowest BCUT2D eigenvalue weighted by Gasteiger charge is -2.09. The highest BCUT2D eigenvalue weighted by atomic mass is 16.5. The highest BCUT2D eigenvalue weighted by molar-refractivity contribution is 5.89. The van der Waals surface area contributed by atoms with E-state index in [1.165, 1.54) is 13.3 Å². The zero-order valence-corrected chi connectivity index (χ0v) is 8.57. The van der Waals surface area contributed by atoms with E-state index in [2.05, 4.69) is 15.0 Å². The number of methoxy groups -OCH3 is 1. The molecule has 1 N–H and O–H groups in total. The number of esters is 1. The SMILES string of the molecule is COC(=O)c1cncc(NC(C)C)c1. The lowest BCUT2D eigenvalue weighted by atomic mass is 10.2. The Labute approximate surface area is 83.3 Å². The zero-order valence-electron chi connectivity index (χ0n) is 8.57. The van der Waals surface area contributed by atoms with E-state index in [-0.39, 0.29) is 5.97 Å². The first-order valence-corrected chi connectivity index (χ1v) is 4.43. The van der Waals surface area contributed by atoms with Crippen molar-refractivity contribution in [3.05, 3.63) is 24.0 Å². The first-order chi connectivity index (χ1) is 6.63. The molecule has 0 aliphatic rings. The Morgan fingerprint density at radius 3 is 2.79 bits per heavy atom. The molecule has 1 aromatic rings.